The topological polar surface area (TPSA) is 20.2 Å². The molecule has 0 fully saturated rings. The van der Waals surface area contributed by atoms with Gasteiger partial charge in [0, 0.05) is 0 Å². The molecular formula is C18H18O. The van der Waals surface area contributed by atoms with E-state index in [4.69, 9.17) is 0 Å². The minimum absolute atomic E-state index is 0.705. The lowest BCUT2D eigenvalue weighted by Crippen LogP contribution is -2.28. The van der Waals surface area contributed by atoms with Crippen LogP contribution in [0.25, 0.3) is 6.08 Å². The van der Waals surface area contributed by atoms with E-state index in [1.807, 2.05) is 36.4 Å². The van der Waals surface area contributed by atoms with Crippen LogP contribution in [0.15, 0.2) is 60.7 Å². The SMILES string of the molecule is OC1(CCc2ccccc2)CC=Cc2ccccc21. The summed E-state index contributed by atoms with van der Waals surface area (Å²) in [6, 6.07) is 18.5. The Labute approximate surface area is 114 Å². The number of aliphatic hydroxyl groups is 1. The molecule has 0 bridgehead atoms. The first-order chi connectivity index (χ1) is 9.28. The summed E-state index contributed by atoms with van der Waals surface area (Å²) in [4.78, 5) is 0. The Morgan fingerprint density at radius 1 is 0.947 bits per heavy atom. The molecule has 96 valence electrons. The first-order valence-electron chi connectivity index (χ1n) is 6.80. The van der Waals surface area contributed by atoms with Gasteiger partial charge >= 0.3 is 0 Å². The molecule has 0 radical (unpaired) electrons. The Morgan fingerprint density at radius 3 is 2.53 bits per heavy atom. The van der Waals surface area contributed by atoms with Gasteiger partial charge in [-0.05, 0) is 36.0 Å². The number of aryl methyl sites for hydroxylation is 1. The van der Waals surface area contributed by atoms with Crippen molar-refractivity contribution >= 4 is 6.08 Å². The van der Waals surface area contributed by atoms with Crippen LogP contribution >= 0.6 is 0 Å². The molecule has 0 aliphatic heterocycles. The van der Waals surface area contributed by atoms with Crippen molar-refractivity contribution in [3.63, 3.8) is 0 Å². The standard InChI is InChI=1S/C18H18O/c19-18(14-12-15-7-2-1-3-8-15)13-6-10-16-9-4-5-11-17(16)18/h1-11,19H,12-14H2. The van der Waals surface area contributed by atoms with Gasteiger partial charge in [-0.2, -0.15) is 0 Å². The maximum absolute atomic E-state index is 10.9. The molecule has 19 heavy (non-hydrogen) atoms. The van der Waals surface area contributed by atoms with Crippen molar-refractivity contribution < 1.29 is 5.11 Å². The summed E-state index contributed by atoms with van der Waals surface area (Å²) in [5.41, 5.74) is 2.77. The normalized spacial score (nSPS) is 21.1. The molecule has 2 aromatic rings. The van der Waals surface area contributed by atoms with Crippen molar-refractivity contribution in [2.45, 2.75) is 24.9 Å². The smallest absolute Gasteiger partial charge is 0.0939 e. The molecule has 3 rings (SSSR count). The van der Waals surface area contributed by atoms with Gasteiger partial charge < -0.3 is 5.11 Å². The lowest BCUT2D eigenvalue weighted by Gasteiger charge is -2.32. The van der Waals surface area contributed by atoms with E-state index in [1.165, 1.54) is 5.56 Å². The highest BCUT2D eigenvalue weighted by Crippen LogP contribution is 2.36. The van der Waals surface area contributed by atoms with E-state index in [0.29, 0.717) is 6.42 Å². The minimum Gasteiger partial charge on any atom is -0.385 e. The second kappa shape index (κ2) is 5.02. The van der Waals surface area contributed by atoms with Crippen LogP contribution in [0, 0.1) is 0 Å². The van der Waals surface area contributed by atoms with Gasteiger partial charge in [-0.3, -0.25) is 0 Å². The number of hydrogen-bond donors (Lipinski definition) is 1. The summed E-state index contributed by atoms with van der Waals surface area (Å²) in [5, 5.41) is 10.9. The first kappa shape index (κ1) is 12.2. The summed E-state index contributed by atoms with van der Waals surface area (Å²) in [6.07, 6.45) is 6.55. The maximum atomic E-state index is 10.9. The van der Waals surface area contributed by atoms with E-state index >= 15 is 0 Å². The fourth-order valence-electron chi connectivity index (χ4n) is 2.79. The average molecular weight is 250 g/mol. The molecule has 0 aromatic heterocycles. The molecule has 0 saturated heterocycles. The van der Waals surface area contributed by atoms with Crippen LogP contribution in [0.1, 0.15) is 29.5 Å². The zero-order valence-electron chi connectivity index (χ0n) is 10.9. The fourth-order valence-corrected chi connectivity index (χ4v) is 2.79. The third-order valence-corrected chi connectivity index (χ3v) is 3.89. The molecule has 2 aromatic carbocycles. The highest BCUT2D eigenvalue weighted by molar-refractivity contribution is 5.58. The molecular weight excluding hydrogens is 232 g/mol. The zero-order chi connectivity index (χ0) is 13.1. The van der Waals surface area contributed by atoms with Gasteiger partial charge in [0.2, 0.25) is 0 Å². The number of hydrogen-bond acceptors (Lipinski definition) is 1. The Hall–Kier alpha value is -1.86. The van der Waals surface area contributed by atoms with E-state index in [9.17, 15) is 5.11 Å². The van der Waals surface area contributed by atoms with Crippen LogP contribution in [0.5, 0.6) is 0 Å². The molecule has 1 N–H and O–H groups in total. The van der Waals surface area contributed by atoms with E-state index < -0.39 is 5.60 Å². The molecule has 0 saturated carbocycles. The number of benzene rings is 2. The average Bonchev–Trinajstić information content (AvgIpc) is 2.47. The molecule has 0 spiro atoms. The van der Waals surface area contributed by atoms with Crippen LogP contribution in [0.2, 0.25) is 0 Å². The third-order valence-electron chi connectivity index (χ3n) is 3.89. The predicted octanol–water partition coefficient (Wildman–Crippen LogP) is 3.92. The van der Waals surface area contributed by atoms with E-state index in [2.05, 4.69) is 30.4 Å². The van der Waals surface area contributed by atoms with Crippen molar-refractivity contribution in [2.24, 2.45) is 0 Å². The predicted molar refractivity (Wildman–Crippen MR) is 78.8 cm³/mol. The van der Waals surface area contributed by atoms with Crippen LogP contribution in [0.3, 0.4) is 0 Å². The van der Waals surface area contributed by atoms with E-state index in [-0.39, 0.29) is 0 Å². The van der Waals surface area contributed by atoms with Gasteiger partial charge in [-0.15, -0.1) is 0 Å². The molecule has 1 aliphatic rings. The summed E-state index contributed by atoms with van der Waals surface area (Å²) in [6.45, 7) is 0. The van der Waals surface area contributed by atoms with Gasteiger partial charge in [-0.25, -0.2) is 0 Å². The fraction of sp³-hybridized carbons (Fsp3) is 0.222. The van der Waals surface area contributed by atoms with Gasteiger partial charge in [-0.1, -0.05) is 66.7 Å². The molecule has 1 aliphatic carbocycles. The first-order valence-corrected chi connectivity index (χ1v) is 6.80. The molecule has 1 nitrogen and oxygen atoms in total. The third kappa shape index (κ3) is 2.47. The van der Waals surface area contributed by atoms with Crippen molar-refractivity contribution in [3.8, 4) is 0 Å². The number of rotatable bonds is 3. The summed E-state index contributed by atoms with van der Waals surface area (Å²) in [7, 11) is 0. The molecule has 0 heterocycles. The minimum atomic E-state index is -0.721. The maximum Gasteiger partial charge on any atom is 0.0939 e. The van der Waals surface area contributed by atoms with Crippen LogP contribution in [-0.2, 0) is 12.0 Å². The molecule has 1 unspecified atom stereocenters. The highest BCUT2D eigenvalue weighted by atomic mass is 16.3. The van der Waals surface area contributed by atoms with Gasteiger partial charge in [0.1, 0.15) is 0 Å². The van der Waals surface area contributed by atoms with Crippen molar-refractivity contribution in [1.29, 1.82) is 0 Å². The Kier molecular flexibility index (Phi) is 3.22. The Balaban J connectivity index is 1.82. The molecule has 0 amide bonds. The zero-order valence-corrected chi connectivity index (χ0v) is 10.9. The summed E-state index contributed by atoms with van der Waals surface area (Å²) >= 11 is 0. The highest BCUT2D eigenvalue weighted by Gasteiger charge is 2.31. The number of fused-ring (bicyclic) bond motifs is 1. The second-order valence-electron chi connectivity index (χ2n) is 5.21. The van der Waals surface area contributed by atoms with Crippen LogP contribution < -0.4 is 0 Å². The van der Waals surface area contributed by atoms with Gasteiger partial charge in [0.15, 0.2) is 0 Å². The lowest BCUT2D eigenvalue weighted by atomic mass is 9.79. The van der Waals surface area contributed by atoms with Gasteiger partial charge in [0.25, 0.3) is 0 Å². The summed E-state index contributed by atoms with van der Waals surface area (Å²) < 4.78 is 0. The molecule has 1 heteroatoms. The van der Waals surface area contributed by atoms with E-state index in [0.717, 1.165) is 24.0 Å². The monoisotopic (exact) mass is 250 g/mol. The van der Waals surface area contributed by atoms with Crippen molar-refractivity contribution in [2.75, 3.05) is 0 Å². The molecule has 1 atom stereocenters. The van der Waals surface area contributed by atoms with Crippen LogP contribution in [0.4, 0.5) is 0 Å². The largest absolute Gasteiger partial charge is 0.385 e. The lowest BCUT2D eigenvalue weighted by molar-refractivity contribution is 0.0294. The quantitative estimate of drug-likeness (QED) is 0.875. The Bertz CT molecular complexity index is 586. The van der Waals surface area contributed by atoms with Crippen molar-refractivity contribution in [3.05, 3.63) is 77.4 Å². The van der Waals surface area contributed by atoms with Gasteiger partial charge in [0.05, 0.1) is 5.60 Å². The Morgan fingerprint density at radius 2 is 1.68 bits per heavy atom. The van der Waals surface area contributed by atoms with Crippen molar-refractivity contribution in [1.82, 2.24) is 0 Å². The van der Waals surface area contributed by atoms with Crippen LogP contribution in [-0.4, -0.2) is 5.11 Å². The summed E-state index contributed by atoms with van der Waals surface area (Å²) in [5.74, 6) is 0. The second-order valence-corrected chi connectivity index (χ2v) is 5.21. The van der Waals surface area contributed by atoms with E-state index in [1.54, 1.807) is 0 Å².